The first kappa shape index (κ1) is 15.5. The van der Waals surface area contributed by atoms with Crippen LogP contribution in [0.5, 0.6) is 5.75 Å². The summed E-state index contributed by atoms with van der Waals surface area (Å²) in [6, 6.07) is 20.3. The van der Waals surface area contributed by atoms with Crippen LogP contribution in [0.2, 0.25) is 0 Å². The predicted molar refractivity (Wildman–Crippen MR) is 106 cm³/mol. The third-order valence-electron chi connectivity index (χ3n) is 4.69. The Morgan fingerprint density at radius 3 is 2.27 bits per heavy atom. The van der Waals surface area contributed by atoms with Crippen molar-refractivity contribution >= 4 is 15.9 Å². The molecule has 2 aromatic carbocycles. The van der Waals surface area contributed by atoms with Crippen LogP contribution in [-0.4, -0.2) is 9.97 Å². The molecule has 3 aromatic rings. The van der Waals surface area contributed by atoms with Crippen molar-refractivity contribution in [3.8, 4) is 28.4 Å². The van der Waals surface area contributed by atoms with Gasteiger partial charge in [-0.15, -0.1) is 0 Å². The highest BCUT2D eigenvalue weighted by Crippen LogP contribution is 2.49. The summed E-state index contributed by atoms with van der Waals surface area (Å²) in [4.78, 5) is 9.77. The Labute approximate surface area is 160 Å². The fourth-order valence-corrected chi connectivity index (χ4v) is 3.88. The second-order valence-electron chi connectivity index (χ2n) is 6.38. The molecule has 1 aliphatic carbocycles. The number of nitrogens with zero attached hydrogens (tertiary/aromatic N) is 2. The van der Waals surface area contributed by atoms with Crippen LogP contribution >= 0.6 is 15.9 Å². The topological polar surface area (TPSA) is 35.0 Å². The summed E-state index contributed by atoms with van der Waals surface area (Å²) >= 11 is 3.62. The maximum absolute atomic E-state index is 6.21. The molecule has 1 aromatic heterocycles. The van der Waals surface area contributed by atoms with Gasteiger partial charge < -0.3 is 4.74 Å². The molecule has 0 spiro atoms. The molecule has 0 saturated carbocycles. The van der Waals surface area contributed by atoms with Crippen LogP contribution in [0.15, 0.2) is 83.1 Å². The van der Waals surface area contributed by atoms with Gasteiger partial charge in [0.25, 0.3) is 0 Å². The van der Waals surface area contributed by atoms with E-state index in [1.807, 2.05) is 60.7 Å². The Morgan fingerprint density at radius 2 is 1.54 bits per heavy atom. The number of hydrogen-bond donors (Lipinski definition) is 0. The highest BCUT2D eigenvalue weighted by molar-refractivity contribution is 9.11. The van der Waals surface area contributed by atoms with E-state index in [0.717, 1.165) is 50.8 Å². The number of rotatable bonds is 2. The Bertz CT molecular complexity index is 1040. The van der Waals surface area contributed by atoms with Crippen molar-refractivity contribution < 1.29 is 4.74 Å². The van der Waals surface area contributed by atoms with Crippen molar-refractivity contribution in [3.63, 3.8) is 0 Å². The summed E-state index contributed by atoms with van der Waals surface area (Å²) in [5, 5.41) is 0. The molecule has 4 heteroatoms. The number of aromatic nitrogens is 2. The first-order valence-electron chi connectivity index (χ1n) is 8.56. The van der Waals surface area contributed by atoms with Gasteiger partial charge in [-0.05, 0) is 23.1 Å². The predicted octanol–water partition coefficient (Wildman–Crippen LogP) is 5.85. The van der Waals surface area contributed by atoms with Gasteiger partial charge >= 0.3 is 0 Å². The minimum atomic E-state index is 0.136. The quantitative estimate of drug-likeness (QED) is 0.538. The lowest BCUT2D eigenvalue weighted by Crippen LogP contribution is -2.04. The average molecular weight is 403 g/mol. The molecule has 5 rings (SSSR count). The third kappa shape index (κ3) is 2.58. The molecule has 0 fully saturated rings. The van der Waals surface area contributed by atoms with Gasteiger partial charge in [-0.25, -0.2) is 9.97 Å². The van der Waals surface area contributed by atoms with E-state index in [1.165, 1.54) is 0 Å². The van der Waals surface area contributed by atoms with Gasteiger partial charge in [-0.1, -0.05) is 76.6 Å². The lowest BCUT2D eigenvalue weighted by atomic mass is 9.95. The molecular weight excluding hydrogens is 388 g/mol. The molecule has 1 atom stereocenters. The zero-order chi connectivity index (χ0) is 17.5. The lowest BCUT2D eigenvalue weighted by Gasteiger charge is -2.13. The minimum absolute atomic E-state index is 0.136. The summed E-state index contributed by atoms with van der Waals surface area (Å²) < 4.78 is 7.36. The van der Waals surface area contributed by atoms with E-state index in [-0.39, 0.29) is 5.92 Å². The van der Waals surface area contributed by atoms with Crippen LogP contribution in [-0.2, 0) is 0 Å². The van der Waals surface area contributed by atoms with Gasteiger partial charge in [0.2, 0.25) is 0 Å². The number of benzene rings is 2. The van der Waals surface area contributed by atoms with E-state index < -0.39 is 0 Å². The van der Waals surface area contributed by atoms with E-state index in [0.29, 0.717) is 0 Å². The summed E-state index contributed by atoms with van der Waals surface area (Å²) in [7, 11) is 0. The molecule has 0 amide bonds. The molecule has 126 valence electrons. The Kier molecular flexibility index (Phi) is 3.71. The highest BCUT2D eigenvalue weighted by Gasteiger charge is 2.36. The lowest BCUT2D eigenvalue weighted by molar-refractivity contribution is 0.425. The van der Waals surface area contributed by atoms with Crippen molar-refractivity contribution in [2.75, 3.05) is 0 Å². The molecule has 1 aliphatic heterocycles. The van der Waals surface area contributed by atoms with Gasteiger partial charge in [0.1, 0.15) is 11.5 Å². The van der Waals surface area contributed by atoms with E-state index in [2.05, 4.69) is 28.1 Å². The number of ether oxygens (including phenoxy) is 1. The minimum Gasteiger partial charge on any atom is -0.457 e. The number of fused-ring (bicyclic) bond motifs is 3. The van der Waals surface area contributed by atoms with E-state index in [1.54, 1.807) is 0 Å². The number of allylic oxidation sites excluding steroid dienone is 4. The van der Waals surface area contributed by atoms with Gasteiger partial charge in [-0.3, -0.25) is 0 Å². The Hall–Kier alpha value is -2.72. The van der Waals surface area contributed by atoms with Crippen LogP contribution in [0.1, 0.15) is 18.0 Å². The molecule has 0 bridgehead atoms. The summed E-state index contributed by atoms with van der Waals surface area (Å²) in [6.45, 7) is 0. The SMILES string of the molecule is BrC1=CC=C2Oc3c(-c4ccccc4)nc(-c4ccccc4)nc3C2C1. The third-order valence-corrected chi connectivity index (χ3v) is 5.28. The van der Waals surface area contributed by atoms with Crippen molar-refractivity contribution in [3.05, 3.63) is 88.8 Å². The van der Waals surface area contributed by atoms with E-state index >= 15 is 0 Å². The van der Waals surface area contributed by atoms with E-state index in [4.69, 9.17) is 14.7 Å². The molecule has 0 saturated heterocycles. The Morgan fingerprint density at radius 1 is 0.846 bits per heavy atom. The van der Waals surface area contributed by atoms with Gasteiger partial charge in [0.05, 0.1) is 11.6 Å². The maximum atomic E-state index is 6.21. The normalized spacial score (nSPS) is 17.7. The van der Waals surface area contributed by atoms with Gasteiger partial charge in [0.15, 0.2) is 11.6 Å². The van der Waals surface area contributed by atoms with Crippen LogP contribution < -0.4 is 4.74 Å². The molecule has 0 N–H and O–H groups in total. The maximum Gasteiger partial charge on any atom is 0.175 e. The fourth-order valence-electron chi connectivity index (χ4n) is 3.42. The van der Waals surface area contributed by atoms with Crippen LogP contribution in [0.3, 0.4) is 0 Å². The monoisotopic (exact) mass is 402 g/mol. The Balaban J connectivity index is 1.74. The van der Waals surface area contributed by atoms with Crippen LogP contribution in [0.4, 0.5) is 0 Å². The standard InChI is InChI=1S/C22H15BrN2O/c23-16-11-12-18-17(13-16)20-21(26-18)19(14-7-3-1-4-8-14)24-22(25-20)15-9-5-2-6-10-15/h1-12,17H,13H2. The van der Waals surface area contributed by atoms with Crippen LogP contribution in [0, 0.1) is 0 Å². The van der Waals surface area contributed by atoms with E-state index in [9.17, 15) is 0 Å². The average Bonchev–Trinajstić information content (AvgIpc) is 3.06. The molecule has 1 unspecified atom stereocenters. The smallest absolute Gasteiger partial charge is 0.175 e. The summed E-state index contributed by atoms with van der Waals surface area (Å²) in [6.07, 6.45) is 4.93. The molecule has 2 heterocycles. The first-order valence-corrected chi connectivity index (χ1v) is 9.36. The zero-order valence-corrected chi connectivity index (χ0v) is 15.5. The highest BCUT2D eigenvalue weighted by atomic mass is 79.9. The van der Waals surface area contributed by atoms with Crippen molar-refractivity contribution in [2.24, 2.45) is 0 Å². The fraction of sp³-hybridized carbons (Fsp3) is 0.0909. The number of halogens is 1. The van der Waals surface area contributed by atoms with Gasteiger partial charge in [-0.2, -0.15) is 0 Å². The van der Waals surface area contributed by atoms with Crippen LogP contribution in [0.25, 0.3) is 22.6 Å². The van der Waals surface area contributed by atoms with Gasteiger partial charge in [0, 0.05) is 11.1 Å². The number of hydrogen-bond acceptors (Lipinski definition) is 3. The second kappa shape index (κ2) is 6.22. The largest absolute Gasteiger partial charge is 0.457 e. The summed E-state index contributed by atoms with van der Waals surface area (Å²) in [5.41, 5.74) is 3.86. The molecule has 0 radical (unpaired) electrons. The molecule has 3 nitrogen and oxygen atoms in total. The van der Waals surface area contributed by atoms with Crippen molar-refractivity contribution in [2.45, 2.75) is 12.3 Å². The zero-order valence-electron chi connectivity index (χ0n) is 13.9. The molecule has 26 heavy (non-hydrogen) atoms. The first-order chi connectivity index (χ1) is 12.8. The second-order valence-corrected chi connectivity index (χ2v) is 7.40. The molecular formula is C22H15BrN2O. The molecule has 2 aliphatic rings. The van der Waals surface area contributed by atoms with Crippen molar-refractivity contribution in [1.82, 2.24) is 9.97 Å². The summed E-state index contributed by atoms with van der Waals surface area (Å²) in [5.74, 6) is 2.60. The van der Waals surface area contributed by atoms with Crippen molar-refractivity contribution in [1.29, 1.82) is 0 Å².